The van der Waals surface area contributed by atoms with Gasteiger partial charge in [0.2, 0.25) is 5.91 Å². The Kier molecular flexibility index (Phi) is 3.99. The first-order chi connectivity index (χ1) is 8.20. The van der Waals surface area contributed by atoms with Crippen LogP contribution in [0.2, 0.25) is 0 Å². The molecule has 1 N–H and O–H groups in total. The van der Waals surface area contributed by atoms with Crippen molar-refractivity contribution in [1.29, 1.82) is 0 Å². The lowest BCUT2D eigenvalue weighted by Crippen LogP contribution is -2.48. The largest absolute Gasteiger partial charge is 0.336 e. The molecule has 0 aromatic carbocycles. The second kappa shape index (κ2) is 5.49. The Balaban J connectivity index is 1.95. The highest BCUT2D eigenvalue weighted by molar-refractivity contribution is 5.98. The number of carbonyl (C=O) groups excluding carboxylic acids is 2. The molecule has 2 rings (SSSR count). The van der Waals surface area contributed by atoms with Crippen LogP contribution < -0.4 is 5.32 Å². The van der Waals surface area contributed by atoms with Gasteiger partial charge in [-0.1, -0.05) is 12.8 Å². The third-order valence-corrected chi connectivity index (χ3v) is 3.67. The van der Waals surface area contributed by atoms with Crippen molar-refractivity contribution in [2.45, 2.75) is 38.6 Å². The summed E-state index contributed by atoms with van der Waals surface area (Å²) >= 11 is 0. The predicted octanol–water partition coefficient (Wildman–Crippen LogP) is 0.803. The fourth-order valence-corrected chi connectivity index (χ4v) is 2.55. The summed E-state index contributed by atoms with van der Waals surface area (Å²) in [6, 6.07) is -0.409. The van der Waals surface area contributed by atoms with Crippen molar-refractivity contribution in [1.82, 2.24) is 15.1 Å². The lowest BCUT2D eigenvalue weighted by Gasteiger charge is -2.28. The first kappa shape index (κ1) is 12.4. The van der Waals surface area contributed by atoms with Crippen molar-refractivity contribution in [3.05, 3.63) is 0 Å². The molecule has 1 atom stereocenters. The van der Waals surface area contributed by atoms with E-state index in [1.807, 2.05) is 6.92 Å². The van der Waals surface area contributed by atoms with Crippen molar-refractivity contribution < 1.29 is 9.59 Å². The number of hydrogen-bond donors (Lipinski definition) is 1. The lowest BCUT2D eigenvalue weighted by molar-refractivity contribution is -0.132. The normalized spacial score (nSPS) is 24.3. The molecule has 2 heterocycles. The summed E-state index contributed by atoms with van der Waals surface area (Å²) in [7, 11) is 0. The molecule has 17 heavy (non-hydrogen) atoms. The minimum absolute atomic E-state index is 0.0538. The van der Waals surface area contributed by atoms with Gasteiger partial charge < -0.3 is 5.32 Å². The molecule has 5 heteroatoms. The maximum Gasteiger partial charge on any atom is 0.324 e. The number of hydrogen-bond acceptors (Lipinski definition) is 3. The molecular weight excluding hydrogens is 218 g/mol. The second-order valence-electron chi connectivity index (χ2n) is 4.85. The van der Waals surface area contributed by atoms with Gasteiger partial charge in [-0.3, -0.25) is 14.6 Å². The third-order valence-electron chi connectivity index (χ3n) is 3.67. The van der Waals surface area contributed by atoms with Crippen LogP contribution in [-0.4, -0.2) is 54.0 Å². The zero-order chi connectivity index (χ0) is 12.3. The molecule has 0 aromatic heterocycles. The van der Waals surface area contributed by atoms with E-state index in [1.165, 1.54) is 17.7 Å². The smallest absolute Gasteiger partial charge is 0.324 e. The van der Waals surface area contributed by atoms with Crippen LogP contribution in [0.5, 0.6) is 0 Å². The second-order valence-corrected chi connectivity index (χ2v) is 4.85. The number of amides is 3. The van der Waals surface area contributed by atoms with Gasteiger partial charge in [0.1, 0.15) is 0 Å². The molecular formula is C12H21N3O2. The topological polar surface area (TPSA) is 52.7 Å². The molecule has 0 aliphatic carbocycles. The number of rotatable bonds is 2. The van der Waals surface area contributed by atoms with Crippen LogP contribution in [0.4, 0.5) is 4.79 Å². The number of likely N-dealkylation sites (tertiary alicyclic amines) is 1. The summed E-state index contributed by atoms with van der Waals surface area (Å²) < 4.78 is 0. The zero-order valence-corrected chi connectivity index (χ0v) is 10.4. The molecule has 0 spiro atoms. The van der Waals surface area contributed by atoms with Gasteiger partial charge in [0.25, 0.3) is 0 Å². The minimum atomic E-state index is -0.239. The Morgan fingerprint density at radius 1 is 1.18 bits per heavy atom. The highest BCUT2D eigenvalue weighted by Crippen LogP contribution is 2.14. The SMILES string of the molecule is C[C@H](C(=O)N1CCNC1=O)N1CCCCCC1. The van der Waals surface area contributed by atoms with Crippen molar-refractivity contribution in [3.63, 3.8) is 0 Å². The fourth-order valence-electron chi connectivity index (χ4n) is 2.55. The Bertz CT molecular complexity index is 298. The monoisotopic (exact) mass is 239 g/mol. The summed E-state index contributed by atoms with van der Waals surface area (Å²) in [5.41, 5.74) is 0. The van der Waals surface area contributed by atoms with Crippen LogP contribution in [0.1, 0.15) is 32.6 Å². The number of imide groups is 1. The van der Waals surface area contributed by atoms with E-state index >= 15 is 0 Å². The van der Waals surface area contributed by atoms with Gasteiger partial charge in [-0.15, -0.1) is 0 Å². The lowest BCUT2D eigenvalue weighted by atomic mass is 10.2. The molecule has 2 saturated heterocycles. The molecule has 5 nitrogen and oxygen atoms in total. The van der Waals surface area contributed by atoms with E-state index in [0.29, 0.717) is 13.1 Å². The van der Waals surface area contributed by atoms with E-state index in [1.54, 1.807) is 0 Å². The van der Waals surface area contributed by atoms with Gasteiger partial charge in [0.05, 0.1) is 6.04 Å². The molecule has 0 bridgehead atoms. The predicted molar refractivity (Wildman–Crippen MR) is 64.6 cm³/mol. The van der Waals surface area contributed by atoms with Crippen LogP contribution in [0.3, 0.4) is 0 Å². The van der Waals surface area contributed by atoms with Gasteiger partial charge in [0, 0.05) is 13.1 Å². The van der Waals surface area contributed by atoms with Crippen molar-refractivity contribution in [2.75, 3.05) is 26.2 Å². The van der Waals surface area contributed by atoms with Crippen LogP contribution in [0.25, 0.3) is 0 Å². The van der Waals surface area contributed by atoms with Gasteiger partial charge in [-0.25, -0.2) is 4.79 Å². The molecule has 2 fully saturated rings. The highest BCUT2D eigenvalue weighted by Gasteiger charge is 2.32. The van der Waals surface area contributed by atoms with E-state index in [2.05, 4.69) is 10.2 Å². The fraction of sp³-hybridized carbons (Fsp3) is 0.833. The molecule has 0 saturated carbocycles. The van der Waals surface area contributed by atoms with E-state index in [-0.39, 0.29) is 18.0 Å². The van der Waals surface area contributed by atoms with Gasteiger partial charge in [-0.05, 0) is 32.9 Å². The van der Waals surface area contributed by atoms with Gasteiger partial charge >= 0.3 is 6.03 Å². The Morgan fingerprint density at radius 3 is 2.35 bits per heavy atom. The first-order valence-corrected chi connectivity index (χ1v) is 6.53. The summed E-state index contributed by atoms with van der Waals surface area (Å²) in [5.74, 6) is -0.0538. The zero-order valence-electron chi connectivity index (χ0n) is 10.4. The standard InChI is InChI=1S/C12H21N3O2/c1-10(14-7-4-2-3-5-8-14)11(16)15-9-6-13-12(15)17/h10H,2-9H2,1H3,(H,13,17)/t10-/m1/s1. The first-order valence-electron chi connectivity index (χ1n) is 6.53. The van der Waals surface area contributed by atoms with E-state index in [0.717, 1.165) is 25.9 Å². The number of nitrogens with zero attached hydrogens (tertiary/aromatic N) is 2. The molecule has 3 amide bonds. The maximum atomic E-state index is 12.2. The summed E-state index contributed by atoms with van der Waals surface area (Å²) in [4.78, 5) is 27.2. The van der Waals surface area contributed by atoms with Gasteiger partial charge in [-0.2, -0.15) is 0 Å². The third kappa shape index (κ3) is 2.77. The maximum absolute atomic E-state index is 12.2. The quantitative estimate of drug-likeness (QED) is 0.775. The average Bonchev–Trinajstić information content (AvgIpc) is 2.60. The number of carbonyl (C=O) groups is 2. The highest BCUT2D eigenvalue weighted by atomic mass is 16.2. The summed E-state index contributed by atoms with van der Waals surface area (Å²) in [6.45, 7) is 4.96. The van der Waals surface area contributed by atoms with E-state index < -0.39 is 0 Å². The molecule has 2 aliphatic heterocycles. The molecule has 0 radical (unpaired) electrons. The van der Waals surface area contributed by atoms with Crippen LogP contribution in [0.15, 0.2) is 0 Å². The van der Waals surface area contributed by atoms with Crippen molar-refractivity contribution >= 4 is 11.9 Å². The van der Waals surface area contributed by atoms with Crippen LogP contribution >= 0.6 is 0 Å². The summed E-state index contributed by atoms with van der Waals surface area (Å²) in [6.07, 6.45) is 4.82. The van der Waals surface area contributed by atoms with Crippen molar-refractivity contribution in [2.24, 2.45) is 0 Å². The number of urea groups is 1. The molecule has 96 valence electrons. The van der Waals surface area contributed by atoms with Crippen LogP contribution in [-0.2, 0) is 4.79 Å². The van der Waals surface area contributed by atoms with E-state index in [9.17, 15) is 9.59 Å². The molecule has 0 unspecified atom stereocenters. The van der Waals surface area contributed by atoms with Crippen LogP contribution in [0, 0.1) is 0 Å². The Hall–Kier alpha value is -1.10. The van der Waals surface area contributed by atoms with Gasteiger partial charge in [0.15, 0.2) is 0 Å². The molecule has 2 aliphatic rings. The van der Waals surface area contributed by atoms with E-state index in [4.69, 9.17) is 0 Å². The Morgan fingerprint density at radius 2 is 1.82 bits per heavy atom. The summed E-state index contributed by atoms with van der Waals surface area (Å²) in [5, 5.41) is 2.67. The molecule has 0 aromatic rings. The minimum Gasteiger partial charge on any atom is -0.336 e. The Labute approximate surface area is 102 Å². The average molecular weight is 239 g/mol. The van der Waals surface area contributed by atoms with Crippen molar-refractivity contribution in [3.8, 4) is 0 Å². The number of nitrogens with one attached hydrogen (secondary N) is 1.